The van der Waals surface area contributed by atoms with Gasteiger partial charge < -0.3 is 4.74 Å². The van der Waals surface area contributed by atoms with E-state index in [0.29, 0.717) is 10.8 Å². The first-order chi connectivity index (χ1) is 14.7. The van der Waals surface area contributed by atoms with Gasteiger partial charge in [0.25, 0.3) is 0 Å². The molecule has 0 bridgehead atoms. The van der Waals surface area contributed by atoms with Gasteiger partial charge in [-0.05, 0) is 58.5 Å². The summed E-state index contributed by atoms with van der Waals surface area (Å²) in [6, 6.07) is 23.4. The lowest BCUT2D eigenvalue weighted by Gasteiger charge is -2.13. The summed E-state index contributed by atoms with van der Waals surface area (Å²) in [4.78, 5) is 4.64. The van der Waals surface area contributed by atoms with Gasteiger partial charge in [-0.1, -0.05) is 41.9 Å². The molecule has 0 radical (unpaired) electrons. The lowest BCUT2D eigenvalue weighted by atomic mass is 9.96. The molecule has 0 N–H and O–H groups in total. The number of pyridine rings is 1. The topological polar surface area (TPSA) is 65.7 Å². The van der Waals surface area contributed by atoms with Crippen LogP contribution in [0.15, 0.2) is 79.0 Å². The number of benzene rings is 3. The van der Waals surface area contributed by atoms with E-state index in [2.05, 4.69) is 32.6 Å². The Hall–Kier alpha value is -3.77. The first-order valence-electron chi connectivity index (χ1n) is 9.31. The number of aromatic nitrogens is 5. The Kier molecular flexibility index (Phi) is 4.61. The van der Waals surface area contributed by atoms with Crippen molar-refractivity contribution in [1.29, 1.82) is 0 Å². The molecule has 0 aliphatic rings. The van der Waals surface area contributed by atoms with Crippen LogP contribution >= 0.6 is 11.6 Å². The molecule has 0 saturated carbocycles. The van der Waals surface area contributed by atoms with E-state index in [1.165, 1.54) is 0 Å². The molecular weight excluding hydrogens is 398 g/mol. The van der Waals surface area contributed by atoms with E-state index < -0.39 is 0 Å². The van der Waals surface area contributed by atoms with Gasteiger partial charge in [0.1, 0.15) is 5.75 Å². The van der Waals surface area contributed by atoms with Gasteiger partial charge in [-0.2, -0.15) is 4.68 Å². The molecule has 6 nitrogen and oxygen atoms in total. The van der Waals surface area contributed by atoms with E-state index in [4.69, 9.17) is 16.3 Å². The average Bonchev–Trinajstić information content (AvgIpc) is 3.28. The third-order valence-electron chi connectivity index (χ3n) is 4.92. The molecule has 0 unspecified atom stereocenters. The summed E-state index contributed by atoms with van der Waals surface area (Å²) < 4.78 is 6.95. The van der Waals surface area contributed by atoms with Gasteiger partial charge in [0, 0.05) is 27.7 Å². The fourth-order valence-electron chi connectivity index (χ4n) is 3.50. The van der Waals surface area contributed by atoms with Gasteiger partial charge in [-0.15, -0.1) is 5.10 Å². The summed E-state index contributed by atoms with van der Waals surface area (Å²) in [5, 5.41) is 14.0. The van der Waals surface area contributed by atoms with Crippen LogP contribution in [-0.2, 0) is 0 Å². The average molecular weight is 414 g/mol. The maximum Gasteiger partial charge on any atom is 0.189 e. The van der Waals surface area contributed by atoms with Crippen molar-refractivity contribution in [2.24, 2.45) is 0 Å². The highest BCUT2D eigenvalue weighted by molar-refractivity contribution is 6.31. The fraction of sp³-hybridized carbons (Fsp3) is 0.0435. The minimum absolute atomic E-state index is 0.591. The number of ether oxygens (including phenoxy) is 1. The van der Waals surface area contributed by atoms with Crippen molar-refractivity contribution in [1.82, 2.24) is 25.2 Å². The highest BCUT2D eigenvalue weighted by Crippen LogP contribution is 2.37. The van der Waals surface area contributed by atoms with Crippen LogP contribution in [0.3, 0.4) is 0 Å². The summed E-state index contributed by atoms with van der Waals surface area (Å²) in [7, 11) is 1.63. The van der Waals surface area contributed by atoms with Crippen LogP contribution in [0.2, 0.25) is 5.02 Å². The van der Waals surface area contributed by atoms with Gasteiger partial charge in [-0.25, -0.2) is 0 Å². The van der Waals surface area contributed by atoms with E-state index in [-0.39, 0.29) is 0 Å². The summed E-state index contributed by atoms with van der Waals surface area (Å²) in [6.45, 7) is 0. The van der Waals surface area contributed by atoms with Gasteiger partial charge in [-0.3, -0.25) is 4.98 Å². The quantitative estimate of drug-likeness (QED) is 0.405. The fourth-order valence-corrected chi connectivity index (χ4v) is 3.67. The minimum Gasteiger partial charge on any atom is -0.497 e. The third-order valence-corrected chi connectivity index (χ3v) is 5.15. The largest absolute Gasteiger partial charge is 0.497 e. The van der Waals surface area contributed by atoms with Crippen molar-refractivity contribution in [3.63, 3.8) is 0 Å². The van der Waals surface area contributed by atoms with Crippen molar-refractivity contribution in [3.05, 3.63) is 84.0 Å². The second kappa shape index (κ2) is 7.57. The smallest absolute Gasteiger partial charge is 0.189 e. The van der Waals surface area contributed by atoms with Crippen LogP contribution in [0.5, 0.6) is 5.75 Å². The number of nitrogens with zero attached hydrogens (tertiary/aromatic N) is 5. The zero-order chi connectivity index (χ0) is 20.5. The van der Waals surface area contributed by atoms with Gasteiger partial charge in [0.15, 0.2) is 5.82 Å². The van der Waals surface area contributed by atoms with Crippen LogP contribution in [0.25, 0.3) is 39.1 Å². The molecule has 2 aromatic heterocycles. The van der Waals surface area contributed by atoms with Gasteiger partial charge in [0.2, 0.25) is 0 Å². The summed E-state index contributed by atoms with van der Waals surface area (Å²) in [5.41, 5.74) is 4.50. The SMILES string of the molecule is COc1ccc(-n2nnnc2-c2cnc3ccc(Cl)cc3c2-c2ccccc2)cc1. The highest BCUT2D eigenvalue weighted by atomic mass is 35.5. The van der Waals surface area contributed by atoms with Crippen molar-refractivity contribution in [3.8, 4) is 34.0 Å². The number of methoxy groups -OCH3 is 1. The second-order valence-corrected chi connectivity index (χ2v) is 7.12. The number of fused-ring (bicyclic) bond motifs is 1. The number of rotatable bonds is 4. The molecule has 0 aliphatic heterocycles. The first-order valence-corrected chi connectivity index (χ1v) is 9.69. The lowest BCUT2D eigenvalue weighted by molar-refractivity contribution is 0.414. The van der Waals surface area contributed by atoms with Gasteiger partial charge >= 0.3 is 0 Å². The normalized spacial score (nSPS) is 11.0. The molecule has 0 aliphatic carbocycles. The molecule has 2 heterocycles. The standard InChI is InChI=1S/C23H16ClN5O/c1-30-18-10-8-17(9-11-18)29-23(26-27-28-29)20-14-25-21-12-7-16(24)13-19(21)22(20)15-5-3-2-4-6-15/h2-14H,1H3. The molecular formula is C23H16ClN5O. The Morgan fingerprint density at radius 2 is 1.73 bits per heavy atom. The van der Waals surface area contributed by atoms with E-state index >= 15 is 0 Å². The van der Waals surface area contributed by atoms with Crippen LogP contribution in [0, 0.1) is 0 Å². The highest BCUT2D eigenvalue weighted by Gasteiger charge is 2.19. The summed E-state index contributed by atoms with van der Waals surface area (Å²) >= 11 is 6.33. The lowest BCUT2D eigenvalue weighted by Crippen LogP contribution is -2.02. The zero-order valence-electron chi connectivity index (χ0n) is 16.0. The maximum absolute atomic E-state index is 6.33. The first kappa shape index (κ1) is 18.3. The van der Waals surface area contributed by atoms with Crippen LogP contribution in [0.1, 0.15) is 0 Å². The van der Waals surface area contributed by atoms with Crippen LogP contribution in [0.4, 0.5) is 0 Å². The summed E-state index contributed by atoms with van der Waals surface area (Å²) in [6.07, 6.45) is 1.81. The minimum atomic E-state index is 0.591. The summed E-state index contributed by atoms with van der Waals surface area (Å²) in [5.74, 6) is 1.36. The molecule has 7 heteroatoms. The molecule has 146 valence electrons. The van der Waals surface area contributed by atoms with Crippen LogP contribution < -0.4 is 4.74 Å². The molecule has 5 rings (SSSR count). The van der Waals surface area contributed by atoms with Gasteiger partial charge in [0.05, 0.1) is 18.3 Å². The predicted molar refractivity (Wildman–Crippen MR) is 117 cm³/mol. The molecule has 3 aromatic carbocycles. The molecule has 0 spiro atoms. The number of hydrogen-bond acceptors (Lipinski definition) is 5. The van der Waals surface area contributed by atoms with Crippen LogP contribution in [-0.4, -0.2) is 32.3 Å². The van der Waals surface area contributed by atoms with Crippen molar-refractivity contribution >= 4 is 22.5 Å². The van der Waals surface area contributed by atoms with E-state index in [1.807, 2.05) is 66.9 Å². The third kappa shape index (κ3) is 3.17. The molecule has 30 heavy (non-hydrogen) atoms. The Morgan fingerprint density at radius 1 is 0.933 bits per heavy atom. The molecule has 0 saturated heterocycles. The predicted octanol–water partition coefficient (Wildman–Crippen LogP) is 5.21. The van der Waals surface area contributed by atoms with E-state index in [0.717, 1.165) is 39.0 Å². The molecule has 0 fully saturated rings. The Morgan fingerprint density at radius 3 is 2.50 bits per heavy atom. The van der Waals surface area contributed by atoms with E-state index in [9.17, 15) is 0 Å². The molecule has 0 atom stereocenters. The number of hydrogen-bond donors (Lipinski definition) is 0. The Bertz CT molecular complexity index is 1330. The maximum atomic E-state index is 6.33. The van der Waals surface area contributed by atoms with Crippen molar-refractivity contribution < 1.29 is 4.74 Å². The number of halogens is 1. The molecule has 5 aromatic rings. The Labute approximate surface area is 177 Å². The zero-order valence-corrected chi connectivity index (χ0v) is 16.8. The number of tetrazole rings is 1. The van der Waals surface area contributed by atoms with Crippen molar-refractivity contribution in [2.45, 2.75) is 0 Å². The Balaban J connectivity index is 1.77. The monoisotopic (exact) mass is 413 g/mol. The molecule has 0 amide bonds. The second-order valence-electron chi connectivity index (χ2n) is 6.69. The van der Waals surface area contributed by atoms with E-state index in [1.54, 1.807) is 11.8 Å². The van der Waals surface area contributed by atoms with Crippen molar-refractivity contribution in [2.75, 3.05) is 7.11 Å².